The van der Waals surface area contributed by atoms with E-state index in [1.165, 1.54) is 18.6 Å². The summed E-state index contributed by atoms with van der Waals surface area (Å²) >= 11 is 0. The summed E-state index contributed by atoms with van der Waals surface area (Å²) in [7, 11) is 0. The van der Waals surface area contributed by atoms with Crippen molar-refractivity contribution in [3.05, 3.63) is 48.1 Å². The zero-order chi connectivity index (χ0) is 17.9. The molecular weight excluding hydrogens is 329 g/mol. The van der Waals surface area contributed by atoms with E-state index in [9.17, 15) is 19.4 Å². The highest BCUT2D eigenvalue weighted by molar-refractivity contribution is 5.91. The molecule has 2 aromatic heterocycles. The first-order valence-electron chi connectivity index (χ1n) is 7.96. The molecule has 1 aliphatic heterocycles. The summed E-state index contributed by atoms with van der Waals surface area (Å²) in [4.78, 5) is 24.3. The Kier molecular flexibility index (Phi) is 5.07. The fourth-order valence-corrected chi connectivity index (χ4v) is 2.81. The van der Waals surface area contributed by atoms with Crippen molar-refractivity contribution in [3.8, 4) is 0 Å². The van der Waals surface area contributed by atoms with Crippen LogP contribution in [-0.2, 0) is 6.54 Å². The molecule has 0 saturated carbocycles. The standard InChI is InChI=1S/C16H20FN5O3/c17-11-1-2-12(19-5-11)7-22-4-3-16(25,14(23)8-22)9-20-15(24)13-6-18-10-21-13/h1-2,5-6,10,14,23,25H,3-4,7-9H2,(H,18,21)(H,20,24)/t14-,16-/m1/s1. The molecule has 8 nitrogen and oxygen atoms in total. The second kappa shape index (κ2) is 7.26. The molecule has 0 bridgehead atoms. The molecule has 25 heavy (non-hydrogen) atoms. The van der Waals surface area contributed by atoms with Crippen LogP contribution in [0.5, 0.6) is 0 Å². The Labute approximate surface area is 143 Å². The predicted molar refractivity (Wildman–Crippen MR) is 86.0 cm³/mol. The topological polar surface area (TPSA) is 114 Å². The van der Waals surface area contributed by atoms with E-state index in [-0.39, 0.29) is 18.8 Å². The summed E-state index contributed by atoms with van der Waals surface area (Å²) in [5, 5.41) is 23.5. The minimum absolute atomic E-state index is 0.0609. The number of aliphatic hydroxyl groups excluding tert-OH is 1. The van der Waals surface area contributed by atoms with E-state index in [2.05, 4.69) is 20.3 Å². The molecule has 3 rings (SSSR count). The number of carbonyl (C=O) groups excluding carboxylic acids is 1. The van der Waals surface area contributed by atoms with Gasteiger partial charge in [0.1, 0.15) is 17.1 Å². The molecule has 0 unspecified atom stereocenters. The summed E-state index contributed by atoms with van der Waals surface area (Å²) in [6, 6.07) is 2.93. The molecule has 1 amide bonds. The first kappa shape index (κ1) is 17.5. The third kappa shape index (κ3) is 4.19. The van der Waals surface area contributed by atoms with Gasteiger partial charge in [-0.25, -0.2) is 9.37 Å². The molecule has 134 valence electrons. The van der Waals surface area contributed by atoms with Crippen molar-refractivity contribution in [2.24, 2.45) is 0 Å². The van der Waals surface area contributed by atoms with Gasteiger partial charge < -0.3 is 20.5 Å². The van der Waals surface area contributed by atoms with Crippen molar-refractivity contribution in [2.75, 3.05) is 19.6 Å². The summed E-state index contributed by atoms with van der Waals surface area (Å²) in [5.74, 6) is -0.791. The van der Waals surface area contributed by atoms with Crippen LogP contribution in [0, 0.1) is 5.82 Å². The summed E-state index contributed by atoms with van der Waals surface area (Å²) in [5.41, 5.74) is -0.424. The second-order valence-corrected chi connectivity index (χ2v) is 6.22. The van der Waals surface area contributed by atoms with Crippen LogP contribution < -0.4 is 5.32 Å². The number of aromatic amines is 1. The Morgan fingerprint density at radius 1 is 1.48 bits per heavy atom. The number of H-pyrrole nitrogens is 1. The molecule has 2 aromatic rings. The molecule has 2 atom stereocenters. The number of aliphatic hydroxyl groups is 2. The number of imidazole rings is 1. The average Bonchev–Trinajstić information content (AvgIpc) is 3.13. The maximum Gasteiger partial charge on any atom is 0.269 e. The van der Waals surface area contributed by atoms with Crippen molar-refractivity contribution in [2.45, 2.75) is 24.7 Å². The number of halogens is 1. The van der Waals surface area contributed by atoms with E-state index in [4.69, 9.17) is 0 Å². The van der Waals surface area contributed by atoms with E-state index in [1.54, 1.807) is 6.07 Å². The molecule has 1 aliphatic rings. The molecule has 9 heteroatoms. The van der Waals surface area contributed by atoms with E-state index in [1.807, 2.05) is 4.90 Å². The third-order valence-corrected chi connectivity index (χ3v) is 4.38. The van der Waals surface area contributed by atoms with Crippen molar-refractivity contribution in [1.82, 2.24) is 25.2 Å². The lowest BCUT2D eigenvalue weighted by Gasteiger charge is -2.42. The number of carbonyl (C=O) groups is 1. The van der Waals surface area contributed by atoms with Gasteiger partial charge in [0.15, 0.2) is 0 Å². The molecule has 4 N–H and O–H groups in total. The van der Waals surface area contributed by atoms with Crippen LogP contribution in [0.1, 0.15) is 22.6 Å². The number of rotatable bonds is 5. The summed E-state index contributed by atoms with van der Waals surface area (Å²) < 4.78 is 12.9. The SMILES string of the molecule is O=C(NC[C@]1(O)CCN(Cc2ccc(F)cn2)C[C@H]1O)c1cnc[nH]1. The maximum atomic E-state index is 12.9. The number of nitrogens with one attached hydrogen (secondary N) is 2. The number of likely N-dealkylation sites (tertiary alicyclic amines) is 1. The largest absolute Gasteiger partial charge is 0.389 e. The lowest BCUT2D eigenvalue weighted by molar-refractivity contribution is -0.117. The molecule has 1 saturated heterocycles. The van der Waals surface area contributed by atoms with Crippen LogP contribution >= 0.6 is 0 Å². The van der Waals surface area contributed by atoms with Crippen LogP contribution in [0.2, 0.25) is 0 Å². The zero-order valence-electron chi connectivity index (χ0n) is 13.5. The molecule has 1 fully saturated rings. The van der Waals surface area contributed by atoms with Crippen LogP contribution in [0.3, 0.4) is 0 Å². The molecule has 3 heterocycles. The zero-order valence-corrected chi connectivity index (χ0v) is 13.5. The Morgan fingerprint density at radius 3 is 2.96 bits per heavy atom. The average molecular weight is 349 g/mol. The highest BCUT2D eigenvalue weighted by Gasteiger charge is 2.40. The molecule has 0 aromatic carbocycles. The van der Waals surface area contributed by atoms with Gasteiger partial charge in [0.25, 0.3) is 5.91 Å². The first-order chi connectivity index (χ1) is 12.0. The van der Waals surface area contributed by atoms with Gasteiger partial charge in [0, 0.05) is 26.2 Å². The quantitative estimate of drug-likeness (QED) is 0.588. The van der Waals surface area contributed by atoms with Crippen LogP contribution in [0.25, 0.3) is 0 Å². The van der Waals surface area contributed by atoms with Crippen molar-refractivity contribution in [1.29, 1.82) is 0 Å². The minimum Gasteiger partial charge on any atom is -0.389 e. The van der Waals surface area contributed by atoms with E-state index in [0.717, 1.165) is 6.20 Å². The first-order valence-corrected chi connectivity index (χ1v) is 7.96. The van der Waals surface area contributed by atoms with Gasteiger partial charge in [-0.05, 0) is 18.6 Å². The Bertz CT molecular complexity index is 709. The Balaban J connectivity index is 1.53. The third-order valence-electron chi connectivity index (χ3n) is 4.38. The predicted octanol–water partition coefficient (Wildman–Crippen LogP) is -0.329. The number of amides is 1. The lowest BCUT2D eigenvalue weighted by atomic mass is 9.88. The van der Waals surface area contributed by atoms with Crippen molar-refractivity contribution >= 4 is 5.91 Å². The maximum absolute atomic E-state index is 12.9. The normalized spacial score (nSPS) is 24.2. The van der Waals surface area contributed by atoms with Gasteiger partial charge in [-0.1, -0.05) is 0 Å². The van der Waals surface area contributed by atoms with Crippen LogP contribution in [0.4, 0.5) is 4.39 Å². The van der Waals surface area contributed by atoms with Crippen molar-refractivity contribution in [3.63, 3.8) is 0 Å². The van der Waals surface area contributed by atoms with Gasteiger partial charge in [-0.15, -0.1) is 0 Å². The van der Waals surface area contributed by atoms with Gasteiger partial charge in [0.05, 0.1) is 30.5 Å². The molecular formula is C16H20FN5O3. The van der Waals surface area contributed by atoms with Gasteiger partial charge >= 0.3 is 0 Å². The van der Waals surface area contributed by atoms with Crippen LogP contribution in [0.15, 0.2) is 30.9 Å². The highest BCUT2D eigenvalue weighted by Crippen LogP contribution is 2.23. The van der Waals surface area contributed by atoms with Gasteiger partial charge in [-0.3, -0.25) is 14.7 Å². The van der Waals surface area contributed by atoms with Crippen LogP contribution in [-0.4, -0.2) is 67.3 Å². The minimum atomic E-state index is -1.40. The lowest BCUT2D eigenvalue weighted by Crippen LogP contribution is -2.60. The number of hydrogen-bond acceptors (Lipinski definition) is 6. The Morgan fingerprint density at radius 2 is 2.32 bits per heavy atom. The van der Waals surface area contributed by atoms with Crippen molar-refractivity contribution < 1.29 is 19.4 Å². The second-order valence-electron chi connectivity index (χ2n) is 6.22. The number of nitrogens with zero attached hydrogens (tertiary/aromatic N) is 3. The molecule has 0 spiro atoms. The molecule has 0 aliphatic carbocycles. The van der Waals surface area contributed by atoms with E-state index < -0.39 is 23.4 Å². The van der Waals surface area contributed by atoms with E-state index in [0.29, 0.717) is 25.2 Å². The molecule has 0 radical (unpaired) electrons. The fourth-order valence-electron chi connectivity index (χ4n) is 2.81. The number of aromatic nitrogens is 3. The monoisotopic (exact) mass is 349 g/mol. The number of β-amino-alcohol motifs (C(OH)–C–C–N with tert-alkyl or cyclic N) is 1. The smallest absolute Gasteiger partial charge is 0.269 e. The van der Waals surface area contributed by atoms with Gasteiger partial charge in [-0.2, -0.15) is 0 Å². The summed E-state index contributed by atoms with van der Waals surface area (Å²) in [6.07, 6.45) is 3.19. The number of hydrogen-bond donors (Lipinski definition) is 4. The Hall–Kier alpha value is -2.36. The van der Waals surface area contributed by atoms with Gasteiger partial charge in [0.2, 0.25) is 0 Å². The van der Waals surface area contributed by atoms with E-state index >= 15 is 0 Å². The number of piperidine rings is 1. The summed E-state index contributed by atoms with van der Waals surface area (Å²) in [6.45, 7) is 1.14. The fraction of sp³-hybridized carbons (Fsp3) is 0.438. The number of pyridine rings is 1. The highest BCUT2D eigenvalue weighted by atomic mass is 19.1.